The molecule has 4 fully saturated rings. The molecule has 4 saturated carbocycles. The molecule has 0 aromatic carbocycles. The molecule has 5 nitrogen and oxygen atoms in total. The molecule has 118 valence electrons. The van der Waals surface area contributed by atoms with Crippen LogP contribution in [-0.2, 0) is 4.79 Å². The van der Waals surface area contributed by atoms with Gasteiger partial charge in [-0.15, -0.1) is 0 Å². The highest BCUT2D eigenvalue weighted by Crippen LogP contribution is 2.61. The first-order valence-corrected chi connectivity index (χ1v) is 8.23. The molecule has 1 aromatic heterocycles. The summed E-state index contributed by atoms with van der Waals surface area (Å²) >= 11 is 0. The third-order valence-electron chi connectivity index (χ3n) is 5.80. The molecule has 0 unspecified atom stereocenters. The lowest BCUT2D eigenvalue weighted by atomic mass is 9.49. The molecule has 0 atom stereocenters. The van der Waals surface area contributed by atoms with Crippen LogP contribution in [0, 0.1) is 23.2 Å². The summed E-state index contributed by atoms with van der Waals surface area (Å²) in [5, 5.41) is 0. The van der Waals surface area contributed by atoms with E-state index in [0.717, 1.165) is 17.8 Å². The van der Waals surface area contributed by atoms with Crippen molar-refractivity contribution in [3.63, 3.8) is 0 Å². The van der Waals surface area contributed by atoms with E-state index in [4.69, 9.17) is 4.42 Å². The highest BCUT2D eigenvalue weighted by Gasteiger charge is 2.51. The van der Waals surface area contributed by atoms with Gasteiger partial charge in [0.1, 0.15) is 6.26 Å². The largest absolute Gasteiger partial charge is 0.472 e. The predicted octanol–water partition coefficient (Wildman–Crippen LogP) is 2.65. The zero-order chi connectivity index (χ0) is 15.2. The van der Waals surface area contributed by atoms with Crippen molar-refractivity contribution in [2.24, 2.45) is 23.2 Å². The van der Waals surface area contributed by atoms with Crippen LogP contribution >= 0.6 is 0 Å². The van der Waals surface area contributed by atoms with Crippen LogP contribution in [0.15, 0.2) is 23.0 Å². The van der Waals surface area contributed by atoms with E-state index in [1.54, 1.807) is 6.07 Å². The van der Waals surface area contributed by atoms with Gasteiger partial charge in [0.15, 0.2) is 0 Å². The highest BCUT2D eigenvalue weighted by molar-refractivity contribution is 5.95. The summed E-state index contributed by atoms with van der Waals surface area (Å²) in [4.78, 5) is 24.0. The lowest BCUT2D eigenvalue weighted by Crippen LogP contribution is -2.50. The minimum atomic E-state index is -0.340. The van der Waals surface area contributed by atoms with E-state index >= 15 is 0 Å². The maximum atomic E-state index is 12.3. The maximum absolute atomic E-state index is 12.3. The van der Waals surface area contributed by atoms with Gasteiger partial charge in [-0.25, -0.2) is 0 Å². The zero-order valence-electron chi connectivity index (χ0n) is 12.6. The Morgan fingerprint density at radius 3 is 2.27 bits per heavy atom. The van der Waals surface area contributed by atoms with Gasteiger partial charge in [-0.3, -0.25) is 20.4 Å². The fourth-order valence-corrected chi connectivity index (χ4v) is 5.48. The Labute approximate surface area is 129 Å². The van der Waals surface area contributed by atoms with Crippen molar-refractivity contribution < 1.29 is 14.0 Å². The van der Waals surface area contributed by atoms with Gasteiger partial charge in [-0.1, -0.05) is 0 Å². The summed E-state index contributed by atoms with van der Waals surface area (Å²) in [5.74, 6) is 2.09. The number of furan rings is 1. The van der Waals surface area contributed by atoms with Gasteiger partial charge in [-0.05, 0) is 67.8 Å². The molecule has 4 aliphatic carbocycles. The molecule has 5 rings (SSSR count). The van der Waals surface area contributed by atoms with Gasteiger partial charge < -0.3 is 4.42 Å². The molecular formula is C17H22N2O3. The minimum Gasteiger partial charge on any atom is -0.472 e. The summed E-state index contributed by atoms with van der Waals surface area (Å²) in [6.45, 7) is 0. The molecule has 5 heteroatoms. The quantitative estimate of drug-likeness (QED) is 0.843. The lowest BCUT2D eigenvalue weighted by molar-refractivity contribution is -0.130. The molecule has 4 bridgehead atoms. The first-order valence-electron chi connectivity index (χ1n) is 8.23. The standard InChI is InChI=1S/C17H22N2O3/c20-15(18-19-16(21)14-1-2-22-10-14)9-17-6-11-3-12(7-17)5-13(4-11)8-17/h1-2,10-13H,3-9H2,(H,18,20)(H,19,21). The molecule has 1 aromatic rings. The van der Waals surface area contributed by atoms with Crippen molar-refractivity contribution in [1.29, 1.82) is 0 Å². The first kappa shape index (κ1) is 13.9. The van der Waals surface area contributed by atoms with Gasteiger partial charge in [0.2, 0.25) is 5.91 Å². The van der Waals surface area contributed by atoms with Crippen molar-refractivity contribution >= 4 is 11.8 Å². The van der Waals surface area contributed by atoms with Gasteiger partial charge in [0.05, 0.1) is 11.8 Å². The van der Waals surface area contributed by atoms with Crippen molar-refractivity contribution in [3.8, 4) is 0 Å². The van der Waals surface area contributed by atoms with E-state index < -0.39 is 0 Å². The van der Waals surface area contributed by atoms with Gasteiger partial charge in [0, 0.05) is 6.42 Å². The smallest absolute Gasteiger partial charge is 0.272 e. The minimum absolute atomic E-state index is 0.0706. The fourth-order valence-electron chi connectivity index (χ4n) is 5.48. The number of hydrogen-bond donors (Lipinski definition) is 2. The second-order valence-electron chi connectivity index (χ2n) is 7.61. The first-order chi connectivity index (χ1) is 10.6. The summed E-state index contributed by atoms with van der Waals surface area (Å²) in [6.07, 6.45) is 11.1. The molecule has 0 spiro atoms. The molecule has 0 aliphatic heterocycles. The number of hydrazine groups is 1. The Morgan fingerprint density at radius 1 is 1.09 bits per heavy atom. The number of carbonyl (C=O) groups is 2. The molecule has 1 heterocycles. The van der Waals surface area contributed by atoms with E-state index in [-0.39, 0.29) is 17.2 Å². The normalized spacial score (nSPS) is 35.4. The lowest BCUT2D eigenvalue weighted by Gasteiger charge is -2.56. The van der Waals surface area contributed by atoms with Crippen LogP contribution in [0.5, 0.6) is 0 Å². The number of carbonyl (C=O) groups excluding carboxylic acids is 2. The van der Waals surface area contributed by atoms with Gasteiger partial charge in [-0.2, -0.15) is 0 Å². The molecule has 22 heavy (non-hydrogen) atoms. The van der Waals surface area contributed by atoms with Crippen molar-refractivity contribution in [3.05, 3.63) is 24.2 Å². The fraction of sp³-hybridized carbons (Fsp3) is 0.647. The van der Waals surface area contributed by atoms with Crippen molar-refractivity contribution in [2.45, 2.75) is 44.9 Å². The maximum Gasteiger partial charge on any atom is 0.272 e. The Balaban J connectivity index is 1.33. The van der Waals surface area contributed by atoms with E-state index in [9.17, 15) is 9.59 Å². The SMILES string of the molecule is O=C(CC12CC3CC(CC(C3)C1)C2)NNC(=O)c1ccoc1. The summed E-state index contributed by atoms with van der Waals surface area (Å²) in [6, 6.07) is 1.57. The van der Waals surface area contributed by atoms with E-state index in [1.807, 2.05) is 0 Å². The predicted molar refractivity (Wildman–Crippen MR) is 79.5 cm³/mol. The topological polar surface area (TPSA) is 71.3 Å². The van der Waals surface area contributed by atoms with Crippen molar-refractivity contribution in [2.75, 3.05) is 0 Å². The Hall–Kier alpha value is -1.78. The Kier molecular flexibility index (Phi) is 3.24. The second kappa shape index (κ2) is 5.14. The zero-order valence-corrected chi connectivity index (χ0v) is 12.6. The van der Waals surface area contributed by atoms with Crippen LogP contribution in [0.25, 0.3) is 0 Å². The Morgan fingerprint density at radius 2 is 1.73 bits per heavy atom. The molecule has 2 N–H and O–H groups in total. The van der Waals surface area contributed by atoms with Crippen molar-refractivity contribution in [1.82, 2.24) is 10.9 Å². The number of rotatable bonds is 3. The summed E-state index contributed by atoms with van der Waals surface area (Å²) in [7, 11) is 0. The highest BCUT2D eigenvalue weighted by atomic mass is 16.3. The molecule has 0 radical (unpaired) electrons. The average molecular weight is 302 g/mol. The number of hydrogen-bond acceptors (Lipinski definition) is 3. The van der Waals surface area contributed by atoms with Crippen LogP contribution < -0.4 is 10.9 Å². The monoisotopic (exact) mass is 302 g/mol. The Bertz CT molecular complexity index is 543. The number of amides is 2. The van der Waals surface area contributed by atoms with Crippen LogP contribution in [0.2, 0.25) is 0 Å². The van der Waals surface area contributed by atoms with E-state index in [2.05, 4.69) is 10.9 Å². The van der Waals surface area contributed by atoms with Crippen LogP contribution in [-0.4, -0.2) is 11.8 Å². The van der Waals surface area contributed by atoms with E-state index in [0.29, 0.717) is 12.0 Å². The molecule has 0 saturated heterocycles. The van der Waals surface area contributed by atoms with Crippen LogP contribution in [0.4, 0.5) is 0 Å². The summed E-state index contributed by atoms with van der Waals surface area (Å²) < 4.78 is 4.86. The van der Waals surface area contributed by atoms with E-state index in [1.165, 1.54) is 51.1 Å². The van der Waals surface area contributed by atoms with Crippen LogP contribution in [0.3, 0.4) is 0 Å². The average Bonchev–Trinajstić information content (AvgIpc) is 2.97. The third kappa shape index (κ3) is 2.53. The molecular weight excluding hydrogens is 280 g/mol. The van der Waals surface area contributed by atoms with Gasteiger partial charge in [0.25, 0.3) is 5.91 Å². The molecule has 4 aliphatic rings. The van der Waals surface area contributed by atoms with Gasteiger partial charge >= 0.3 is 0 Å². The summed E-state index contributed by atoms with van der Waals surface area (Å²) in [5.41, 5.74) is 5.64. The number of nitrogens with one attached hydrogen (secondary N) is 2. The van der Waals surface area contributed by atoms with Crippen LogP contribution in [0.1, 0.15) is 55.3 Å². The molecule has 2 amide bonds. The third-order valence-corrected chi connectivity index (χ3v) is 5.80. The second-order valence-corrected chi connectivity index (χ2v) is 7.61.